The van der Waals surface area contributed by atoms with Crippen molar-refractivity contribution in [3.8, 4) is 6.07 Å². The van der Waals surface area contributed by atoms with Gasteiger partial charge in [0.25, 0.3) is 0 Å². The van der Waals surface area contributed by atoms with Crippen LogP contribution in [-0.2, 0) is 0 Å². The Morgan fingerprint density at radius 1 is 1.40 bits per heavy atom. The zero-order valence-corrected chi connectivity index (χ0v) is 6.67. The van der Waals surface area contributed by atoms with Crippen LogP contribution in [0.1, 0.15) is 19.3 Å². The Kier molecular flexibility index (Phi) is 2.29. The van der Waals surface area contributed by atoms with Gasteiger partial charge in [0, 0.05) is 6.04 Å². The van der Waals surface area contributed by atoms with Crippen molar-refractivity contribution in [2.24, 2.45) is 5.92 Å². The van der Waals surface area contributed by atoms with Crippen molar-refractivity contribution >= 4 is 0 Å². The van der Waals surface area contributed by atoms with Crippen LogP contribution in [0.15, 0.2) is 0 Å². The summed E-state index contributed by atoms with van der Waals surface area (Å²) in [5.74, 6) is 0.287. The minimum Gasteiger partial charge on any atom is -0.305 e. The highest BCUT2D eigenvalue weighted by Gasteiger charge is 2.28. The van der Waals surface area contributed by atoms with Gasteiger partial charge in [-0.3, -0.25) is 0 Å². The Balaban J connectivity index is 2.52. The highest BCUT2D eigenvalue weighted by atomic mass is 15.1. The average Bonchev–Trinajstić information content (AvgIpc) is 2.33. The fourth-order valence-corrected chi connectivity index (χ4v) is 1.71. The molecule has 2 atom stereocenters. The SMILES string of the molecule is CN(C)C1CCCC1C#N. The fraction of sp³-hybridized carbons (Fsp3) is 0.875. The van der Waals surface area contributed by atoms with Crippen LogP contribution >= 0.6 is 0 Å². The summed E-state index contributed by atoms with van der Waals surface area (Å²) < 4.78 is 0. The standard InChI is InChI=1S/C8H14N2/c1-10(2)8-5-3-4-7(8)6-9/h7-8H,3-5H2,1-2H3. The minimum absolute atomic E-state index is 0.287. The molecular weight excluding hydrogens is 124 g/mol. The monoisotopic (exact) mass is 138 g/mol. The number of rotatable bonds is 1. The minimum atomic E-state index is 0.287. The largest absolute Gasteiger partial charge is 0.305 e. The molecule has 0 saturated heterocycles. The highest BCUT2D eigenvalue weighted by Crippen LogP contribution is 2.27. The van der Waals surface area contributed by atoms with Crippen molar-refractivity contribution in [1.29, 1.82) is 5.26 Å². The van der Waals surface area contributed by atoms with Crippen molar-refractivity contribution in [3.63, 3.8) is 0 Å². The Morgan fingerprint density at radius 2 is 2.10 bits per heavy atom. The lowest BCUT2D eigenvalue weighted by atomic mass is 10.1. The summed E-state index contributed by atoms with van der Waals surface area (Å²) >= 11 is 0. The second-order valence-corrected chi connectivity index (χ2v) is 3.20. The molecule has 1 aliphatic carbocycles. The normalized spacial score (nSPS) is 32.6. The Hall–Kier alpha value is -0.550. The van der Waals surface area contributed by atoms with Crippen LogP contribution in [0.3, 0.4) is 0 Å². The van der Waals surface area contributed by atoms with E-state index in [1.165, 1.54) is 12.8 Å². The van der Waals surface area contributed by atoms with E-state index in [1.54, 1.807) is 0 Å². The van der Waals surface area contributed by atoms with Gasteiger partial charge in [0.1, 0.15) is 0 Å². The summed E-state index contributed by atoms with van der Waals surface area (Å²) in [6.45, 7) is 0. The van der Waals surface area contributed by atoms with Gasteiger partial charge in [0.2, 0.25) is 0 Å². The summed E-state index contributed by atoms with van der Waals surface area (Å²) in [4.78, 5) is 2.17. The Labute approximate surface area is 62.4 Å². The molecule has 56 valence electrons. The van der Waals surface area contributed by atoms with Crippen molar-refractivity contribution in [1.82, 2.24) is 4.90 Å². The average molecular weight is 138 g/mol. The predicted molar refractivity (Wildman–Crippen MR) is 40.4 cm³/mol. The summed E-state index contributed by atoms with van der Waals surface area (Å²) in [6.07, 6.45) is 3.52. The molecule has 0 radical (unpaired) electrons. The zero-order valence-electron chi connectivity index (χ0n) is 6.67. The maximum absolute atomic E-state index is 8.71. The van der Waals surface area contributed by atoms with E-state index in [9.17, 15) is 0 Å². The van der Waals surface area contributed by atoms with Gasteiger partial charge in [-0.1, -0.05) is 6.42 Å². The molecule has 1 fully saturated rings. The predicted octanol–water partition coefficient (Wildman–Crippen LogP) is 1.24. The molecule has 0 spiro atoms. The molecule has 0 N–H and O–H groups in total. The molecule has 0 heterocycles. The summed E-state index contributed by atoms with van der Waals surface area (Å²) in [6, 6.07) is 2.87. The summed E-state index contributed by atoms with van der Waals surface area (Å²) in [5.41, 5.74) is 0. The maximum Gasteiger partial charge on any atom is 0.0672 e. The van der Waals surface area contributed by atoms with Crippen molar-refractivity contribution in [3.05, 3.63) is 0 Å². The van der Waals surface area contributed by atoms with Crippen LogP contribution < -0.4 is 0 Å². The summed E-state index contributed by atoms with van der Waals surface area (Å²) in [5, 5.41) is 8.71. The van der Waals surface area contributed by atoms with Gasteiger partial charge in [-0.2, -0.15) is 5.26 Å². The molecule has 0 bridgehead atoms. The Morgan fingerprint density at radius 3 is 2.50 bits per heavy atom. The summed E-state index contributed by atoms with van der Waals surface area (Å²) in [7, 11) is 4.11. The van der Waals surface area contributed by atoms with Gasteiger partial charge in [0.15, 0.2) is 0 Å². The zero-order chi connectivity index (χ0) is 7.56. The molecule has 0 amide bonds. The molecule has 1 aliphatic rings. The van der Waals surface area contributed by atoms with Crippen LogP contribution in [0.2, 0.25) is 0 Å². The Bertz CT molecular complexity index is 146. The molecule has 0 aromatic carbocycles. The van der Waals surface area contributed by atoms with Gasteiger partial charge in [-0.05, 0) is 26.9 Å². The molecule has 1 saturated carbocycles. The number of hydrogen-bond donors (Lipinski definition) is 0. The van der Waals surface area contributed by atoms with E-state index < -0.39 is 0 Å². The van der Waals surface area contributed by atoms with E-state index in [0.29, 0.717) is 6.04 Å². The fourth-order valence-electron chi connectivity index (χ4n) is 1.71. The second-order valence-electron chi connectivity index (χ2n) is 3.20. The number of hydrogen-bond acceptors (Lipinski definition) is 2. The maximum atomic E-state index is 8.71. The first-order valence-electron chi connectivity index (χ1n) is 3.81. The van der Waals surface area contributed by atoms with Crippen molar-refractivity contribution in [2.75, 3.05) is 14.1 Å². The highest BCUT2D eigenvalue weighted by molar-refractivity contribution is 4.96. The van der Waals surface area contributed by atoms with E-state index in [1.807, 2.05) is 0 Å². The third-order valence-corrected chi connectivity index (χ3v) is 2.31. The van der Waals surface area contributed by atoms with Crippen LogP contribution in [-0.4, -0.2) is 25.0 Å². The molecule has 2 heteroatoms. The lowest BCUT2D eigenvalue weighted by Crippen LogP contribution is -2.30. The molecule has 10 heavy (non-hydrogen) atoms. The van der Waals surface area contributed by atoms with E-state index >= 15 is 0 Å². The van der Waals surface area contributed by atoms with Crippen LogP contribution in [0, 0.1) is 17.2 Å². The van der Waals surface area contributed by atoms with Gasteiger partial charge >= 0.3 is 0 Å². The third kappa shape index (κ3) is 1.30. The van der Waals surface area contributed by atoms with Crippen molar-refractivity contribution < 1.29 is 0 Å². The second kappa shape index (κ2) is 3.03. The van der Waals surface area contributed by atoms with E-state index in [4.69, 9.17) is 5.26 Å². The van der Waals surface area contributed by atoms with Gasteiger partial charge < -0.3 is 4.90 Å². The molecule has 0 aliphatic heterocycles. The smallest absolute Gasteiger partial charge is 0.0672 e. The first-order chi connectivity index (χ1) is 4.75. The van der Waals surface area contributed by atoms with Crippen LogP contribution in [0.5, 0.6) is 0 Å². The molecule has 2 nitrogen and oxygen atoms in total. The van der Waals surface area contributed by atoms with Crippen LogP contribution in [0.25, 0.3) is 0 Å². The molecule has 1 rings (SSSR count). The van der Waals surface area contributed by atoms with E-state index in [0.717, 1.165) is 6.42 Å². The van der Waals surface area contributed by atoms with E-state index in [-0.39, 0.29) is 5.92 Å². The topological polar surface area (TPSA) is 27.0 Å². The van der Waals surface area contributed by atoms with E-state index in [2.05, 4.69) is 25.1 Å². The molecule has 0 aromatic rings. The van der Waals surface area contributed by atoms with Crippen molar-refractivity contribution in [2.45, 2.75) is 25.3 Å². The van der Waals surface area contributed by atoms with Gasteiger partial charge in [-0.25, -0.2) is 0 Å². The lowest BCUT2D eigenvalue weighted by molar-refractivity contribution is 0.267. The van der Waals surface area contributed by atoms with Gasteiger partial charge in [-0.15, -0.1) is 0 Å². The quantitative estimate of drug-likeness (QED) is 0.545. The number of nitrogens with zero attached hydrogens (tertiary/aromatic N) is 2. The first-order valence-corrected chi connectivity index (χ1v) is 3.81. The molecule has 0 aromatic heterocycles. The van der Waals surface area contributed by atoms with Gasteiger partial charge in [0.05, 0.1) is 12.0 Å². The first kappa shape index (κ1) is 7.56. The number of nitriles is 1. The molecule has 2 unspecified atom stereocenters. The van der Waals surface area contributed by atoms with Crippen LogP contribution in [0.4, 0.5) is 0 Å². The third-order valence-electron chi connectivity index (χ3n) is 2.31. The molecular formula is C8H14N2. The lowest BCUT2D eigenvalue weighted by Gasteiger charge is -2.21.